The zero-order valence-electron chi connectivity index (χ0n) is 8.13. The number of benzene rings is 1. The van der Waals surface area contributed by atoms with Crippen LogP contribution in [0.4, 0.5) is 0 Å². The van der Waals surface area contributed by atoms with E-state index in [9.17, 15) is 0 Å². The zero-order valence-corrected chi connectivity index (χ0v) is 8.88. The van der Waals surface area contributed by atoms with Crippen molar-refractivity contribution < 1.29 is 9.47 Å². The second-order valence-electron chi connectivity index (χ2n) is 2.73. The van der Waals surface area contributed by atoms with E-state index >= 15 is 0 Å². The van der Waals surface area contributed by atoms with Gasteiger partial charge in [-0.15, -0.1) is 6.58 Å². The third-order valence-corrected chi connectivity index (χ3v) is 1.93. The number of alkyl halides is 1. The maximum atomic E-state index is 5.47. The highest BCUT2D eigenvalue weighted by atomic mass is 35.5. The minimum absolute atomic E-state index is 0.122. The Morgan fingerprint density at radius 3 is 2.79 bits per heavy atom. The summed E-state index contributed by atoms with van der Waals surface area (Å²) in [5.41, 5.74) is 1.14. The van der Waals surface area contributed by atoms with Crippen LogP contribution in [0.15, 0.2) is 30.9 Å². The normalized spacial score (nSPS) is 9.57. The molecular formula is C11H13ClO2. The smallest absolute Gasteiger partial charge is 0.163 e. The summed E-state index contributed by atoms with van der Waals surface area (Å²) in [6.45, 7) is 3.68. The van der Waals surface area contributed by atoms with Gasteiger partial charge in [0.25, 0.3) is 0 Å². The van der Waals surface area contributed by atoms with Crippen molar-refractivity contribution in [1.82, 2.24) is 0 Å². The molecular weight excluding hydrogens is 200 g/mol. The zero-order chi connectivity index (χ0) is 10.4. The predicted molar refractivity (Wildman–Crippen MR) is 58.2 cm³/mol. The van der Waals surface area contributed by atoms with E-state index in [1.807, 2.05) is 24.3 Å². The number of methoxy groups -OCH3 is 1. The second kappa shape index (κ2) is 5.55. The number of hydrogen-bond acceptors (Lipinski definition) is 2. The molecule has 1 rings (SSSR count). The molecule has 14 heavy (non-hydrogen) atoms. The van der Waals surface area contributed by atoms with Crippen molar-refractivity contribution in [3.8, 4) is 11.5 Å². The Morgan fingerprint density at radius 1 is 1.43 bits per heavy atom. The molecule has 0 saturated carbocycles. The summed E-state index contributed by atoms with van der Waals surface area (Å²) in [6.07, 6.45) is 2.66. The summed E-state index contributed by atoms with van der Waals surface area (Å²) >= 11 is 5.47. The average Bonchev–Trinajstić information content (AvgIpc) is 2.21. The highest BCUT2D eigenvalue weighted by Gasteiger charge is 2.04. The Bertz CT molecular complexity index is 310. The van der Waals surface area contributed by atoms with Crippen LogP contribution in [0.2, 0.25) is 0 Å². The number of allylic oxidation sites excluding steroid dienone is 1. The largest absolute Gasteiger partial charge is 0.493 e. The lowest BCUT2D eigenvalue weighted by atomic mass is 10.1. The fraction of sp³-hybridized carbons (Fsp3) is 0.273. The molecule has 1 aromatic rings. The van der Waals surface area contributed by atoms with E-state index in [1.54, 1.807) is 7.11 Å². The molecule has 0 N–H and O–H groups in total. The lowest BCUT2D eigenvalue weighted by Crippen LogP contribution is -1.94. The van der Waals surface area contributed by atoms with E-state index < -0.39 is 0 Å². The molecule has 0 spiro atoms. The second-order valence-corrected chi connectivity index (χ2v) is 2.95. The maximum Gasteiger partial charge on any atom is 0.163 e. The van der Waals surface area contributed by atoms with Crippen LogP contribution in [-0.4, -0.2) is 13.2 Å². The minimum Gasteiger partial charge on any atom is -0.493 e. The van der Waals surface area contributed by atoms with Crippen molar-refractivity contribution in [3.05, 3.63) is 36.4 Å². The summed E-state index contributed by atoms with van der Waals surface area (Å²) < 4.78 is 10.3. The van der Waals surface area contributed by atoms with Gasteiger partial charge < -0.3 is 9.47 Å². The Kier molecular flexibility index (Phi) is 4.33. The van der Waals surface area contributed by atoms with E-state index in [2.05, 4.69) is 6.58 Å². The molecule has 0 saturated heterocycles. The van der Waals surface area contributed by atoms with Gasteiger partial charge in [0, 0.05) is 0 Å². The van der Waals surface area contributed by atoms with Gasteiger partial charge in [-0.1, -0.05) is 23.7 Å². The summed E-state index contributed by atoms with van der Waals surface area (Å²) in [7, 11) is 1.61. The molecule has 0 aromatic heterocycles. The Morgan fingerprint density at radius 2 is 2.21 bits per heavy atom. The van der Waals surface area contributed by atoms with Gasteiger partial charge in [0.2, 0.25) is 0 Å². The Hall–Kier alpha value is -1.15. The van der Waals surface area contributed by atoms with Crippen LogP contribution >= 0.6 is 11.6 Å². The molecule has 76 valence electrons. The molecule has 0 bridgehead atoms. The van der Waals surface area contributed by atoms with Crippen molar-refractivity contribution in [3.63, 3.8) is 0 Å². The van der Waals surface area contributed by atoms with Crippen molar-refractivity contribution in [2.75, 3.05) is 13.2 Å². The number of hydrogen-bond donors (Lipinski definition) is 0. The highest BCUT2D eigenvalue weighted by Crippen LogP contribution is 2.28. The quantitative estimate of drug-likeness (QED) is 0.552. The summed E-state index contributed by atoms with van der Waals surface area (Å²) in [5, 5.41) is 0. The Balaban J connectivity index is 2.92. The Labute approximate surface area is 89.1 Å². The molecule has 2 nitrogen and oxygen atoms in total. The lowest BCUT2D eigenvalue weighted by Gasteiger charge is -2.09. The number of ether oxygens (including phenoxy) is 2. The average molecular weight is 213 g/mol. The molecule has 0 amide bonds. The van der Waals surface area contributed by atoms with Gasteiger partial charge in [-0.05, 0) is 24.1 Å². The molecule has 0 aliphatic heterocycles. The first-order valence-electron chi connectivity index (χ1n) is 4.28. The third-order valence-electron chi connectivity index (χ3n) is 1.82. The van der Waals surface area contributed by atoms with E-state index in [-0.39, 0.29) is 6.07 Å². The van der Waals surface area contributed by atoms with E-state index in [4.69, 9.17) is 21.1 Å². The molecule has 1 aromatic carbocycles. The lowest BCUT2D eigenvalue weighted by molar-refractivity contribution is 0.341. The fourth-order valence-corrected chi connectivity index (χ4v) is 1.30. The van der Waals surface area contributed by atoms with E-state index in [0.29, 0.717) is 11.5 Å². The van der Waals surface area contributed by atoms with Crippen LogP contribution < -0.4 is 9.47 Å². The van der Waals surface area contributed by atoms with Crippen LogP contribution in [0, 0.1) is 0 Å². The van der Waals surface area contributed by atoms with Gasteiger partial charge >= 0.3 is 0 Å². The van der Waals surface area contributed by atoms with Gasteiger partial charge in [0.05, 0.1) is 7.11 Å². The van der Waals surface area contributed by atoms with Gasteiger partial charge in [0.15, 0.2) is 17.6 Å². The summed E-state index contributed by atoms with van der Waals surface area (Å²) in [6, 6.07) is 5.85. The molecule has 0 unspecified atom stereocenters. The molecule has 3 heteroatoms. The van der Waals surface area contributed by atoms with Crippen molar-refractivity contribution in [2.24, 2.45) is 0 Å². The molecule has 0 aliphatic rings. The van der Waals surface area contributed by atoms with Gasteiger partial charge in [-0.3, -0.25) is 0 Å². The fourth-order valence-electron chi connectivity index (χ4n) is 1.18. The van der Waals surface area contributed by atoms with Crippen LogP contribution in [0.1, 0.15) is 5.56 Å². The molecule has 0 aliphatic carbocycles. The standard InChI is InChI=1S/C11H13ClO2/c1-3-4-9-5-6-10(14-8-12)11(7-9)13-2/h3,5-7H,1,4,8H2,2H3. The predicted octanol–water partition coefficient (Wildman–Crippen LogP) is 3.00. The molecule has 0 radical (unpaired) electrons. The van der Waals surface area contributed by atoms with Crippen molar-refractivity contribution in [1.29, 1.82) is 0 Å². The first-order chi connectivity index (χ1) is 6.81. The van der Waals surface area contributed by atoms with Crippen LogP contribution in [-0.2, 0) is 6.42 Å². The highest BCUT2D eigenvalue weighted by molar-refractivity contribution is 6.17. The van der Waals surface area contributed by atoms with Crippen LogP contribution in [0.25, 0.3) is 0 Å². The first kappa shape index (κ1) is 10.9. The maximum absolute atomic E-state index is 5.47. The van der Waals surface area contributed by atoms with Gasteiger partial charge in [0.1, 0.15) is 0 Å². The van der Waals surface area contributed by atoms with Crippen molar-refractivity contribution in [2.45, 2.75) is 6.42 Å². The molecule has 0 fully saturated rings. The SMILES string of the molecule is C=CCc1ccc(OCCl)c(OC)c1. The monoisotopic (exact) mass is 212 g/mol. The number of halogens is 1. The first-order valence-corrected chi connectivity index (χ1v) is 4.82. The topological polar surface area (TPSA) is 18.5 Å². The molecule has 0 heterocycles. The third kappa shape index (κ3) is 2.67. The van der Waals surface area contributed by atoms with Crippen LogP contribution in [0.5, 0.6) is 11.5 Å². The van der Waals surface area contributed by atoms with Gasteiger partial charge in [-0.2, -0.15) is 0 Å². The number of rotatable bonds is 5. The van der Waals surface area contributed by atoms with Crippen molar-refractivity contribution >= 4 is 11.6 Å². The molecule has 0 atom stereocenters. The van der Waals surface area contributed by atoms with E-state index in [1.165, 1.54) is 0 Å². The summed E-state index contributed by atoms with van der Waals surface area (Å²) in [5.74, 6) is 1.36. The minimum atomic E-state index is 0.122. The summed E-state index contributed by atoms with van der Waals surface area (Å²) in [4.78, 5) is 0. The van der Waals surface area contributed by atoms with E-state index in [0.717, 1.165) is 12.0 Å². The van der Waals surface area contributed by atoms with Crippen LogP contribution in [0.3, 0.4) is 0 Å². The van der Waals surface area contributed by atoms with Gasteiger partial charge in [-0.25, -0.2) is 0 Å².